The van der Waals surface area contributed by atoms with Gasteiger partial charge in [0, 0.05) is 0 Å². The lowest BCUT2D eigenvalue weighted by Gasteiger charge is -2.44. The maximum atomic E-state index is 13.1. The van der Waals surface area contributed by atoms with E-state index in [4.69, 9.17) is 4.74 Å². The third kappa shape index (κ3) is 3.07. The molecule has 1 aliphatic heterocycles. The second kappa shape index (κ2) is 6.25. The number of amides is 1. The molecule has 1 aliphatic carbocycles. The lowest BCUT2D eigenvalue weighted by molar-refractivity contribution is -0.146. The highest BCUT2D eigenvalue weighted by molar-refractivity contribution is 6.20. The third-order valence-corrected chi connectivity index (χ3v) is 5.60. The summed E-state index contributed by atoms with van der Waals surface area (Å²) in [5.41, 5.74) is 0.771. The van der Waals surface area contributed by atoms with Crippen molar-refractivity contribution in [3.63, 3.8) is 0 Å². The van der Waals surface area contributed by atoms with Crippen LogP contribution >= 0.6 is 0 Å². The molecule has 0 saturated heterocycles. The van der Waals surface area contributed by atoms with E-state index in [0.717, 1.165) is 12.0 Å². The fourth-order valence-corrected chi connectivity index (χ4v) is 3.42. The van der Waals surface area contributed by atoms with Gasteiger partial charge in [0.25, 0.3) is 5.91 Å². The fourth-order valence-electron chi connectivity index (χ4n) is 3.42. The van der Waals surface area contributed by atoms with E-state index in [1.165, 1.54) is 6.42 Å². The number of aliphatic hydroxyl groups excluding tert-OH is 1. The van der Waals surface area contributed by atoms with Gasteiger partial charge >= 0.3 is 0 Å². The Kier molecular flexibility index (Phi) is 4.43. The molecule has 4 nitrogen and oxygen atoms in total. The zero-order valence-corrected chi connectivity index (χ0v) is 15.0. The predicted octanol–water partition coefficient (Wildman–Crippen LogP) is 3.42. The van der Waals surface area contributed by atoms with Gasteiger partial charge < -0.3 is 9.84 Å². The Morgan fingerprint density at radius 2 is 1.96 bits per heavy atom. The number of allylic oxidation sites excluding steroid dienone is 1. The van der Waals surface area contributed by atoms with Gasteiger partial charge in [-0.25, -0.2) is 0 Å². The van der Waals surface area contributed by atoms with E-state index in [0.29, 0.717) is 23.2 Å². The van der Waals surface area contributed by atoms with E-state index in [9.17, 15) is 9.90 Å². The molecule has 0 bridgehead atoms. The predicted molar refractivity (Wildman–Crippen MR) is 93.8 cm³/mol. The summed E-state index contributed by atoms with van der Waals surface area (Å²) in [5, 5.41) is 10.7. The van der Waals surface area contributed by atoms with E-state index in [1.807, 2.05) is 51.1 Å². The van der Waals surface area contributed by atoms with E-state index in [-0.39, 0.29) is 12.6 Å². The molecule has 1 aromatic carbocycles. The van der Waals surface area contributed by atoms with Crippen molar-refractivity contribution in [3.8, 4) is 0 Å². The molecule has 2 aliphatic rings. The number of nitrogens with zero attached hydrogens (tertiary/aromatic N) is 1. The van der Waals surface area contributed by atoms with Gasteiger partial charge in [0.1, 0.15) is 5.76 Å². The minimum Gasteiger partial charge on any atom is -0.477 e. The Labute approximate surface area is 144 Å². The second-order valence-electron chi connectivity index (χ2n) is 7.68. The molecule has 1 aromatic rings. The molecule has 4 heteroatoms. The Morgan fingerprint density at radius 3 is 2.54 bits per heavy atom. The van der Waals surface area contributed by atoms with Crippen LogP contribution in [0.4, 0.5) is 0 Å². The highest BCUT2D eigenvalue weighted by atomic mass is 16.5. The fraction of sp³-hybridized carbons (Fsp3) is 0.550. The van der Waals surface area contributed by atoms with Gasteiger partial charge in [-0.05, 0) is 51.0 Å². The molecule has 1 saturated carbocycles. The van der Waals surface area contributed by atoms with Crippen molar-refractivity contribution >= 4 is 11.5 Å². The van der Waals surface area contributed by atoms with Gasteiger partial charge in [0.15, 0.2) is 6.73 Å². The highest BCUT2D eigenvalue weighted by Crippen LogP contribution is 2.43. The first kappa shape index (κ1) is 17.0. The van der Waals surface area contributed by atoms with Crippen LogP contribution in [0.2, 0.25) is 0 Å². The molecule has 1 N–H and O–H groups in total. The monoisotopic (exact) mass is 329 g/mol. The minimum atomic E-state index is -0.667. The van der Waals surface area contributed by atoms with Crippen molar-refractivity contribution in [1.82, 2.24) is 4.90 Å². The summed E-state index contributed by atoms with van der Waals surface area (Å²) in [5.74, 6) is 1.83. The summed E-state index contributed by atoms with van der Waals surface area (Å²) >= 11 is 0. The molecular weight excluding hydrogens is 302 g/mol. The van der Waals surface area contributed by atoms with Crippen LogP contribution in [0.1, 0.15) is 46.1 Å². The van der Waals surface area contributed by atoms with Crippen LogP contribution in [0, 0.1) is 11.8 Å². The number of rotatable bonds is 5. The first-order valence-electron chi connectivity index (χ1n) is 8.71. The average Bonchev–Trinajstić information content (AvgIpc) is 3.23. The van der Waals surface area contributed by atoms with E-state index < -0.39 is 11.6 Å². The largest absolute Gasteiger partial charge is 0.477 e. The van der Waals surface area contributed by atoms with E-state index in [1.54, 1.807) is 4.90 Å². The Balaban J connectivity index is 1.83. The zero-order chi connectivity index (χ0) is 17.5. The number of aliphatic hydroxyl groups is 1. The summed E-state index contributed by atoms with van der Waals surface area (Å²) in [6.07, 6.45) is 1.35. The normalized spacial score (nSPS) is 25.5. The summed E-state index contributed by atoms with van der Waals surface area (Å²) in [7, 11) is 0. The van der Waals surface area contributed by atoms with Crippen LogP contribution in [0.5, 0.6) is 0 Å². The Morgan fingerprint density at radius 1 is 1.33 bits per heavy atom. The van der Waals surface area contributed by atoms with Crippen LogP contribution in [0.25, 0.3) is 5.57 Å². The second-order valence-corrected chi connectivity index (χ2v) is 7.68. The lowest BCUT2D eigenvalue weighted by atomic mass is 9.89. The number of hydrogen-bond acceptors (Lipinski definition) is 3. The topological polar surface area (TPSA) is 49.8 Å². The van der Waals surface area contributed by atoms with Gasteiger partial charge in [-0.15, -0.1) is 0 Å². The van der Waals surface area contributed by atoms with Crippen molar-refractivity contribution in [1.29, 1.82) is 0 Å². The smallest absolute Gasteiger partial charge is 0.261 e. The van der Waals surface area contributed by atoms with Crippen LogP contribution in [0.3, 0.4) is 0 Å². The molecule has 130 valence electrons. The van der Waals surface area contributed by atoms with Crippen LogP contribution in [-0.2, 0) is 9.53 Å². The minimum absolute atomic E-state index is 0.0714. The molecular formula is C20H27NO3. The van der Waals surface area contributed by atoms with Gasteiger partial charge in [-0.3, -0.25) is 9.69 Å². The van der Waals surface area contributed by atoms with Crippen LogP contribution < -0.4 is 0 Å². The van der Waals surface area contributed by atoms with Gasteiger partial charge in [0.2, 0.25) is 0 Å². The maximum absolute atomic E-state index is 13.1. The van der Waals surface area contributed by atoms with Crippen LogP contribution in [-0.4, -0.2) is 34.3 Å². The van der Waals surface area contributed by atoms with Crippen molar-refractivity contribution in [2.75, 3.05) is 6.73 Å². The zero-order valence-electron chi connectivity index (χ0n) is 15.0. The summed E-state index contributed by atoms with van der Waals surface area (Å²) < 4.78 is 5.78. The SMILES string of the molecule is CC1=C(c2ccccc2)C(=O)N(C(C)(C)C(O)CC2CC2C)CO1. The molecule has 0 radical (unpaired) electrons. The molecule has 0 aromatic heterocycles. The highest BCUT2D eigenvalue weighted by Gasteiger charge is 2.45. The standard InChI is InChI=1S/C20H27NO3/c1-13-10-16(13)11-17(22)20(3,4)21-12-24-14(2)18(19(21)23)15-8-6-5-7-9-15/h5-9,13,16-17,22H,10-12H2,1-4H3. The molecule has 3 rings (SSSR count). The first-order chi connectivity index (χ1) is 11.3. The molecule has 0 spiro atoms. The van der Waals surface area contributed by atoms with Crippen molar-refractivity contribution in [3.05, 3.63) is 41.7 Å². The molecule has 1 amide bonds. The summed E-state index contributed by atoms with van der Waals surface area (Å²) in [4.78, 5) is 14.8. The number of hydrogen-bond donors (Lipinski definition) is 1. The van der Waals surface area contributed by atoms with Crippen molar-refractivity contribution < 1.29 is 14.6 Å². The lowest BCUT2D eigenvalue weighted by Crippen LogP contribution is -2.57. The Bertz CT molecular complexity index is 650. The Hall–Kier alpha value is -1.81. The van der Waals surface area contributed by atoms with E-state index >= 15 is 0 Å². The number of carbonyl (C=O) groups excluding carboxylic acids is 1. The van der Waals surface area contributed by atoms with Crippen molar-refractivity contribution in [2.24, 2.45) is 11.8 Å². The number of ether oxygens (including phenoxy) is 1. The average molecular weight is 329 g/mol. The number of benzene rings is 1. The van der Waals surface area contributed by atoms with Crippen LogP contribution in [0.15, 0.2) is 36.1 Å². The van der Waals surface area contributed by atoms with E-state index in [2.05, 4.69) is 6.92 Å². The summed E-state index contributed by atoms with van der Waals surface area (Å²) in [6, 6.07) is 9.58. The third-order valence-electron chi connectivity index (χ3n) is 5.60. The molecule has 1 fully saturated rings. The molecule has 24 heavy (non-hydrogen) atoms. The van der Waals surface area contributed by atoms with Crippen molar-refractivity contribution in [2.45, 2.75) is 52.2 Å². The van der Waals surface area contributed by atoms with Gasteiger partial charge in [0.05, 0.1) is 17.2 Å². The summed E-state index contributed by atoms with van der Waals surface area (Å²) in [6.45, 7) is 8.07. The maximum Gasteiger partial charge on any atom is 0.261 e. The van der Waals surface area contributed by atoms with Gasteiger partial charge in [-0.1, -0.05) is 37.3 Å². The number of carbonyl (C=O) groups is 1. The molecule has 1 heterocycles. The first-order valence-corrected chi connectivity index (χ1v) is 8.71. The quantitative estimate of drug-likeness (QED) is 0.900. The molecule has 3 unspecified atom stereocenters. The van der Waals surface area contributed by atoms with Gasteiger partial charge in [-0.2, -0.15) is 0 Å². The molecule has 3 atom stereocenters.